The van der Waals surface area contributed by atoms with Crippen molar-refractivity contribution in [2.45, 2.75) is 6.42 Å². The molecule has 1 heterocycles. The van der Waals surface area contributed by atoms with Crippen LogP contribution in [0.2, 0.25) is 0 Å². The second-order valence-corrected chi connectivity index (χ2v) is 5.69. The summed E-state index contributed by atoms with van der Waals surface area (Å²) >= 11 is 0. The first-order chi connectivity index (χ1) is 11.4. The van der Waals surface area contributed by atoms with Crippen LogP contribution in [0.15, 0.2) is 91.1 Å². The van der Waals surface area contributed by atoms with Gasteiger partial charge in [-0.2, -0.15) is 0 Å². The number of aromatic nitrogens is 1. The van der Waals surface area contributed by atoms with Gasteiger partial charge in [0, 0.05) is 11.6 Å². The van der Waals surface area contributed by atoms with E-state index in [4.69, 9.17) is 0 Å². The van der Waals surface area contributed by atoms with Gasteiger partial charge in [-0.25, -0.2) is 0 Å². The summed E-state index contributed by atoms with van der Waals surface area (Å²) in [5.74, 6) is 0. The molecular formula is C22H17N. The number of hydrogen-bond acceptors (Lipinski definition) is 1. The third-order valence-corrected chi connectivity index (χ3v) is 4.22. The van der Waals surface area contributed by atoms with E-state index in [1.54, 1.807) is 0 Å². The molecule has 0 amide bonds. The number of pyridine rings is 1. The maximum absolute atomic E-state index is 4.18. The molecule has 0 bridgehead atoms. The van der Waals surface area contributed by atoms with Crippen LogP contribution >= 0.6 is 0 Å². The maximum atomic E-state index is 4.18. The smallest absolute Gasteiger partial charge is 0.0701 e. The van der Waals surface area contributed by atoms with Gasteiger partial charge >= 0.3 is 0 Å². The minimum Gasteiger partial charge on any atom is -0.256 e. The van der Waals surface area contributed by atoms with Crippen molar-refractivity contribution in [3.8, 4) is 11.1 Å². The van der Waals surface area contributed by atoms with Crippen molar-refractivity contribution in [1.29, 1.82) is 0 Å². The van der Waals surface area contributed by atoms with E-state index >= 15 is 0 Å². The molecule has 0 fully saturated rings. The lowest BCUT2D eigenvalue weighted by molar-refractivity contribution is 1.26. The fraction of sp³-hybridized carbons (Fsp3) is 0.0455. The highest BCUT2D eigenvalue weighted by atomic mass is 14.6. The van der Waals surface area contributed by atoms with E-state index in [1.807, 2.05) is 30.5 Å². The normalized spacial score (nSPS) is 11.3. The Bertz CT molecular complexity index is 847. The van der Waals surface area contributed by atoms with Crippen LogP contribution < -0.4 is 0 Å². The van der Waals surface area contributed by atoms with Crippen LogP contribution in [0.1, 0.15) is 11.1 Å². The zero-order chi connectivity index (χ0) is 15.5. The van der Waals surface area contributed by atoms with Gasteiger partial charge in [-0.3, -0.25) is 4.98 Å². The molecule has 5 rings (SSSR count). The van der Waals surface area contributed by atoms with E-state index in [2.05, 4.69) is 65.6 Å². The van der Waals surface area contributed by atoms with Gasteiger partial charge in [0.2, 0.25) is 0 Å². The summed E-state index contributed by atoms with van der Waals surface area (Å²) in [7, 11) is 0. The van der Waals surface area contributed by atoms with Gasteiger partial charge < -0.3 is 0 Å². The SMILES string of the molecule is c1ccc2c(c1)Cc1ccccc1-2.c1ccc2ncccc2c1. The number of hydrogen-bond donors (Lipinski definition) is 0. The molecule has 0 aliphatic heterocycles. The minimum atomic E-state index is 1.06. The predicted octanol–water partition coefficient (Wildman–Crippen LogP) is 5.49. The quantitative estimate of drug-likeness (QED) is 0.368. The fourth-order valence-corrected chi connectivity index (χ4v) is 3.10. The standard InChI is InChI=1S/C13H10.C9H7N/c1-3-7-12-10(5-1)9-11-6-2-4-8-13(11)12;1-2-6-9-8(4-1)5-3-7-10-9/h1-8H,9H2;1-7H. The van der Waals surface area contributed by atoms with Crippen molar-refractivity contribution in [1.82, 2.24) is 4.98 Å². The minimum absolute atomic E-state index is 1.06. The molecule has 0 saturated carbocycles. The zero-order valence-corrected chi connectivity index (χ0v) is 12.8. The van der Waals surface area contributed by atoms with Crippen molar-refractivity contribution in [2.75, 3.05) is 0 Å². The van der Waals surface area contributed by atoms with E-state index in [0.29, 0.717) is 0 Å². The van der Waals surface area contributed by atoms with E-state index < -0.39 is 0 Å². The molecule has 110 valence electrons. The number of benzene rings is 3. The largest absolute Gasteiger partial charge is 0.256 e. The average Bonchev–Trinajstić information content (AvgIpc) is 3.01. The predicted molar refractivity (Wildman–Crippen MR) is 96.4 cm³/mol. The van der Waals surface area contributed by atoms with Crippen LogP contribution in [0.5, 0.6) is 0 Å². The number of para-hydroxylation sites is 1. The topological polar surface area (TPSA) is 12.9 Å². The molecule has 0 spiro atoms. The Morgan fingerprint density at radius 3 is 1.83 bits per heavy atom. The highest BCUT2D eigenvalue weighted by Crippen LogP contribution is 2.35. The number of rotatable bonds is 0. The Balaban J connectivity index is 0.000000122. The first-order valence-electron chi connectivity index (χ1n) is 7.88. The summed E-state index contributed by atoms with van der Waals surface area (Å²) in [5, 5.41) is 1.20. The van der Waals surface area contributed by atoms with E-state index in [1.165, 1.54) is 27.6 Å². The second-order valence-electron chi connectivity index (χ2n) is 5.69. The summed E-state index contributed by atoms with van der Waals surface area (Å²) in [6, 6.07) is 29.4. The molecule has 4 aromatic rings. The molecule has 0 saturated heterocycles. The summed E-state index contributed by atoms with van der Waals surface area (Å²) in [6.45, 7) is 0. The Hall–Kier alpha value is -2.93. The Kier molecular flexibility index (Phi) is 3.61. The second kappa shape index (κ2) is 6.05. The summed E-state index contributed by atoms with van der Waals surface area (Å²) in [6.07, 6.45) is 2.91. The van der Waals surface area contributed by atoms with Crippen LogP contribution in [0.25, 0.3) is 22.0 Å². The van der Waals surface area contributed by atoms with Crippen molar-refractivity contribution in [3.63, 3.8) is 0 Å². The third kappa shape index (κ3) is 2.74. The lowest BCUT2D eigenvalue weighted by atomic mass is 10.1. The first kappa shape index (κ1) is 13.7. The molecular weight excluding hydrogens is 278 g/mol. The Morgan fingerprint density at radius 2 is 1.13 bits per heavy atom. The Labute approximate surface area is 136 Å². The number of fused-ring (bicyclic) bond motifs is 4. The number of nitrogens with zero attached hydrogens (tertiary/aromatic N) is 1. The summed E-state index contributed by atoms with van der Waals surface area (Å²) in [5.41, 5.74) is 6.81. The molecule has 1 aromatic heterocycles. The van der Waals surface area contributed by atoms with Crippen molar-refractivity contribution >= 4 is 10.9 Å². The van der Waals surface area contributed by atoms with Gasteiger partial charge in [-0.1, -0.05) is 72.8 Å². The van der Waals surface area contributed by atoms with E-state index in [9.17, 15) is 0 Å². The van der Waals surface area contributed by atoms with E-state index in [-0.39, 0.29) is 0 Å². The molecule has 0 N–H and O–H groups in total. The fourth-order valence-electron chi connectivity index (χ4n) is 3.10. The highest BCUT2D eigenvalue weighted by Gasteiger charge is 2.15. The highest BCUT2D eigenvalue weighted by molar-refractivity contribution is 5.78. The van der Waals surface area contributed by atoms with Crippen molar-refractivity contribution in [2.24, 2.45) is 0 Å². The molecule has 0 atom stereocenters. The van der Waals surface area contributed by atoms with Gasteiger partial charge in [0.05, 0.1) is 5.52 Å². The summed E-state index contributed by atoms with van der Waals surface area (Å²) < 4.78 is 0. The van der Waals surface area contributed by atoms with Gasteiger partial charge in [-0.05, 0) is 40.8 Å². The lowest BCUT2D eigenvalue weighted by Crippen LogP contribution is -1.77. The monoisotopic (exact) mass is 295 g/mol. The third-order valence-electron chi connectivity index (χ3n) is 4.22. The molecule has 3 aromatic carbocycles. The van der Waals surface area contributed by atoms with Gasteiger partial charge in [0.25, 0.3) is 0 Å². The zero-order valence-electron chi connectivity index (χ0n) is 12.8. The molecule has 1 aliphatic carbocycles. The molecule has 1 nitrogen and oxygen atoms in total. The maximum Gasteiger partial charge on any atom is 0.0701 e. The molecule has 0 unspecified atom stereocenters. The van der Waals surface area contributed by atoms with Crippen LogP contribution in [-0.2, 0) is 6.42 Å². The van der Waals surface area contributed by atoms with Gasteiger partial charge in [-0.15, -0.1) is 0 Å². The molecule has 23 heavy (non-hydrogen) atoms. The first-order valence-corrected chi connectivity index (χ1v) is 7.88. The van der Waals surface area contributed by atoms with Gasteiger partial charge in [0.1, 0.15) is 0 Å². The van der Waals surface area contributed by atoms with E-state index in [0.717, 1.165) is 11.9 Å². The molecule has 1 aliphatic rings. The van der Waals surface area contributed by atoms with Crippen molar-refractivity contribution in [3.05, 3.63) is 102 Å². The van der Waals surface area contributed by atoms with Crippen LogP contribution in [0, 0.1) is 0 Å². The van der Waals surface area contributed by atoms with Crippen LogP contribution in [-0.4, -0.2) is 4.98 Å². The molecule has 0 radical (unpaired) electrons. The lowest BCUT2D eigenvalue weighted by Gasteiger charge is -1.98. The van der Waals surface area contributed by atoms with Crippen molar-refractivity contribution < 1.29 is 0 Å². The average molecular weight is 295 g/mol. The van der Waals surface area contributed by atoms with Crippen LogP contribution in [0.3, 0.4) is 0 Å². The molecule has 1 heteroatoms. The van der Waals surface area contributed by atoms with Gasteiger partial charge in [0.15, 0.2) is 0 Å². The Morgan fingerprint density at radius 1 is 0.565 bits per heavy atom. The summed E-state index contributed by atoms with van der Waals surface area (Å²) in [4.78, 5) is 4.18. The van der Waals surface area contributed by atoms with Crippen LogP contribution in [0.4, 0.5) is 0 Å².